The number of carboxylic acid groups (broad SMARTS) is 1. The van der Waals surface area contributed by atoms with Crippen LogP contribution in [0.15, 0.2) is 29.4 Å². The van der Waals surface area contributed by atoms with Crippen molar-refractivity contribution >= 4 is 18.3 Å². The standard InChI is InChI=1S/C19H24N2O5/c1-2-9-25-19(24)21-20-11-15-14(16-7-8-17(15)26-16)10-12-3-5-13(6-4-12)18(22)23/h3-6,11,14-17H,2,7-10H2,1H3,(H,21,24)(H,22,23). The summed E-state index contributed by atoms with van der Waals surface area (Å²) in [4.78, 5) is 22.4. The van der Waals surface area contributed by atoms with Gasteiger partial charge in [-0.25, -0.2) is 15.0 Å². The molecule has 2 fully saturated rings. The molecule has 2 saturated heterocycles. The van der Waals surface area contributed by atoms with Crippen LogP contribution in [0.2, 0.25) is 0 Å². The molecule has 2 aliphatic heterocycles. The number of nitrogens with zero attached hydrogens (tertiary/aromatic N) is 1. The van der Waals surface area contributed by atoms with Gasteiger partial charge in [0.2, 0.25) is 0 Å². The molecular weight excluding hydrogens is 336 g/mol. The number of amides is 1. The summed E-state index contributed by atoms with van der Waals surface area (Å²) in [6, 6.07) is 6.95. The number of ether oxygens (including phenoxy) is 2. The van der Waals surface area contributed by atoms with Crippen LogP contribution >= 0.6 is 0 Å². The fourth-order valence-corrected chi connectivity index (χ4v) is 3.74. The zero-order chi connectivity index (χ0) is 18.5. The Bertz CT molecular complexity index is 673. The summed E-state index contributed by atoms with van der Waals surface area (Å²) in [5, 5.41) is 13.0. The van der Waals surface area contributed by atoms with E-state index < -0.39 is 12.1 Å². The second-order valence-corrected chi connectivity index (χ2v) is 6.76. The number of hydrogen-bond donors (Lipinski definition) is 2. The number of nitrogens with one attached hydrogen (secondary N) is 1. The lowest BCUT2D eigenvalue weighted by molar-refractivity contribution is 0.0696. The van der Waals surface area contributed by atoms with Crippen LogP contribution in [-0.4, -0.2) is 42.2 Å². The molecule has 0 aliphatic carbocycles. The summed E-state index contributed by atoms with van der Waals surface area (Å²) in [5.41, 5.74) is 3.75. The van der Waals surface area contributed by atoms with Crippen molar-refractivity contribution in [2.75, 3.05) is 6.61 Å². The number of rotatable bonds is 7. The molecule has 0 radical (unpaired) electrons. The van der Waals surface area contributed by atoms with Crippen molar-refractivity contribution in [1.82, 2.24) is 5.43 Å². The monoisotopic (exact) mass is 360 g/mol. The van der Waals surface area contributed by atoms with E-state index in [1.807, 2.05) is 19.1 Å². The Morgan fingerprint density at radius 3 is 2.73 bits per heavy atom. The number of carbonyl (C=O) groups excluding carboxylic acids is 1. The zero-order valence-electron chi connectivity index (χ0n) is 14.8. The van der Waals surface area contributed by atoms with Crippen LogP contribution < -0.4 is 5.43 Å². The highest BCUT2D eigenvalue weighted by Gasteiger charge is 2.47. The second kappa shape index (κ2) is 8.31. The van der Waals surface area contributed by atoms with E-state index in [9.17, 15) is 9.59 Å². The summed E-state index contributed by atoms with van der Waals surface area (Å²) in [7, 11) is 0. The predicted molar refractivity (Wildman–Crippen MR) is 95.2 cm³/mol. The van der Waals surface area contributed by atoms with Crippen molar-refractivity contribution in [2.24, 2.45) is 16.9 Å². The second-order valence-electron chi connectivity index (χ2n) is 6.76. The van der Waals surface area contributed by atoms with E-state index in [1.165, 1.54) is 0 Å². The van der Waals surface area contributed by atoms with Crippen molar-refractivity contribution in [3.63, 3.8) is 0 Å². The minimum absolute atomic E-state index is 0.124. The lowest BCUT2D eigenvalue weighted by Crippen LogP contribution is -2.31. The molecule has 0 saturated carbocycles. The molecule has 1 amide bonds. The van der Waals surface area contributed by atoms with Crippen molar-refractivity contribution in [3.05, 3.63) is 35.4 Å². The van der Waals surface area contributed by atoms with Gasteiger partial charge in [-0.3, -0.25) is 0 Å². The number of benzene rings is 1. The van der Waals surface area contributed by atoms with Crippen molar-refractivity contribution in [3.8, 4) is 0 Å². The Morgan fingerprint density at radius 2 is 2.04 bits per heavy atom. The van der Waals surface area contributed by atoms with Gasteiger partial charge < -0.3 is 14.6 Å². The molecule has 2 N–H and O–H groups in total. The average Bonchev–Trinajstić information content (AvgIpc) is 3.23. The smallest absolute Gasteiger partial charge is 0.427 e. The molecule has 0 aromatic heterocycles. The van der Waals surface area contributed by atoms with Gasteiger partial charge in [0.15, 0.2) is 0 Å². The number of carboxylic acids is 1. The van der Waals surface area contributed by atoms with Gasteiger partial charge in [-0.1, -0.05) is 19.1 Å². The Balaban J connectivity index is 1.61. The molecule has 140 valence electrons. The van der Waals surface area contributed by atoms with Gasteiger partial charge >= 0.3 is 12.1 Å². The molecule has 4 atom stereocenters. The van der Waals surface area contributed by atoms with E-state index in [-0.39, 0.29) is 29.6 Å². The number of carbonyl (C=O) groups is 2. The molecule has 1 aromatic carbocycles. The van der Waals surface area contributed by atoms with Crippen LogP contribution in [0.5, 0.6) is 0 Å². The molecule has 3 rings (SSSR count). The third kappa shape index (κ3) is 4.22. The number of hydrazone groups is 1. The first-order chi connectivity index (χ1) is 12.6. The normalized spacial score (nSPS) is 27.0. The highest BCUT2D eigenvalue weighted by Crippen LogP contribution is 2.44. The van der Waals surface area contributed by atoms with E-state index >= 15 is 0 Å². The minimum atomic E-state index is -0.925. The molecule has 4 unspecified atom stereocenters. The zero-order valence-corrected chi connectivity index (χ0v) is 14.8. The Kier molecular flexibility index (Phi) is 5.88. The van der Waals surface area contributed by atoms with E-state index in [1.54, 1.807) is 18.3 Å². The van der Waals surface area contributed by atoms with Crippen LogP contribution in [-0.2, 0) is 15.9 Å². The number of fused-ring (bicyclic) bond motifs is 2. The quantitative estimate of drug-likeness (QED) is 0.576. The van der Waals surface area contributed by atoms with Gasteiger partial charge in [0.1, 0.15) is 0 Å². The largest absolute Gasteiger partial charge is 0.478 e. The van der Waals surface area contributed by atoms with Crippen molar-refractivity contribution in [1.29, 1.82) is 0 Å². The Hall–Kier alpha value is -2.41. The molecule has 2 heterocycles. The molecule has 7 heteroatoms. The fraction of sp³-hybridized carbons (Fsp3) is 0.526. The molecule has 2 aliphatic rings. The summed E-state index contributed by atoms with van der Waals surface area (Å²) in [6.07, 6.45) is 5.09. The van der Waals surface area contributed by atoms with Gasteiger partial charge in [0, 0.05) is 12.1 Å². The Labute approximate surface area is 152 Å². The number of aromatic carboxylic acids is 1. The van der Waals surface area contributed by atoms with Gasteiger partial charge in [0.25, 0.3) is 0 Å². The van der Waals surface area contributed by atoms with Crippen LogP contribution in [0.25, 0.3) is 0 Å². The van der Waals surface area contributed by atoms with Gasteiger partial charge in [-0.2, -0.15) is 5.10 Å². The molecule has 2 bridgehead atoms. The van der Waals surface area contributed by atoms with Gasteiger partial charge in [0.05, 0.1) is 24.4 Å². The molecule has 0 spiro atoms. The fourth-order valence-electron chi connectivity index (χ4n) is 3.74. The predicted octanol–water partition coefficient (Wildman–Crippen LogP) is 2.84. The van der Waals surface area contributed by atoms with E-state index in [2.05, 4.69) is 10.5 Å². The first-order valence-electron chi connectivity index (χ1n) is 9.02. The lowest BCUT2D eigenvalue weighted by atomic mass is 9.77. The molecule has 7 nitrogen and oxygen atoms in total. The maximum absolute atomic E-state index is 11.5. The molecular formula is C19H24N2O5. The molecule has 26 heavy (non-hydrogen) atoms. The SMILES string of the molecule is CCCOC(=O)NN=CC1C2CCC(O2)C1Cc1ccc(C(=O)O)cc1. The van der Waals surface area contributed by atoms with Crippen LogP contribution in [0, 0.1) is 11.8 Å². The maximum Gasteiger partial charge on any atom is 0.427 e. The maximum atomic E-state index is 11.5. The first-order valence-corrected chi connectivity index (χ1v) is 9.02. The van der Waals surface area contributed by atoms with Crippen LogP contribution in [0.3, 0.4) is 0 Å². The van der Waals surface area contributed by atoms with Gasteiger partial charge in [-0.05, 0) is 49.3 Å². The highest BCUT2D eigenvalue weighted by atomic mass is 16.6. The Morgan fingerprint density at radius 1 is 1.31 bits per heavy atom. The van der Waals surface area contributed by atoms with Crippen molar-refractivity contribution < 1.29 is 24.2 Å². The van der Waals surface area contributed by atoms with E-state index in [0.717, 1.165) is 31.2 Å². The average molecular weight is 360 g/mol. The van der Waals surface area contributed by atoms with Crippen molar-refractivity contribution in [2.45, 2.75) is 44.8 Å². The van der Waals surface area contributed by atoms with E-state index in [0.29, 0.717) is 6.61 Å². The topological polar surface area (TPSA) is 97.2 Å². The molecule has 1 aromatic rings. The first kappa shape index (κ1) is 18.4. The summed E-state index contributed by atoms with van der Waals surface area (Å²) < 4.78 is 11.0. The minimum Gasteiger partial charge on any atom is -0.478 e. The summed E-state index contributed by atoms with van der Waals surface area (Å²) in [6.45, 7) is 2.30. The third-order valence-corrected chi connectivity index (χ3v) is 5.00. The van der Waals surface area contributed by atoms with Gasteiger partial charge in [-0.15, -0.1) is 0 Å². The van der Waals surface area contributed by atoms with E-state index in [4.69, 9.17) is 14.6 Å². The highest BCUT2D eigenvalue weighted by molar-refractivity contribution is 5.87. The summed E-state index contributed by atoms with van der Waals surface area (Å²) >= 11 is 0. The number of hydrogen-bond acceptors (Lipinski definition) is 5. The third-order valence-electron chi connectivity index (χ3n) is 5.00. The van der Waals surface area contributed by atoms with Crippen LogP contribution in [0.4, 0.5) is 4.79 Å². The van der Waals surface area contributed by atoms with Crippen LogP contribution in [0.1, 0.15) is 42.1 Å². The lowest BCUT2D eigenvalue weighted by Gasteiger charge is -2.25. The summed E-state index contributed by atoms with van der Waals surface area (Å²) in [5.74, 6) is -0.535.